The molecule has 0 aliphatic heterocycles. The molecule has 1 aromatic carbocycles. The molecule has 6 nitrogen and oxygen atoms in total. The molecule has 0 aliphatic rings. The fourth-order valence-electron chi connectivity index (χ4n) is 1.58. The van der Waals surface area contributed by atoms with Crippen molar-refractivity contribution in [2.75, 3.05) is 5.32 Å². The number of rotatable bonds is 3. The molecule has 1 unspecified atom stereocenters. The number of H-pyrrole nitrogens is 1. The first-order valence-electron chi connectivity index (χ1n) is 5.44. The van der Waals surface area contributed by atoms with Crippen LogP contribution in [0.25, 0.3) is 11.0 Å². The Morgan fingerprint density at radius 1 is 1.67 bits per heavy atom. The second-order valence-corrected chi connectivity index (χ2v) is 3.91. The summed E-state index contributed by atoms with van der Waals surface area (Å²) in [5, 5.41) is 20.4. The highest BCUT2D eigenvalue weighted by Crippen LogP contribution is 2.19. The Kier molecular flexibility index (Phi) is 3.26. The highest BCUT2D eigenvalue weighted by Gasteiger charge is 2.08. The number of nitrogens with zero attached hydrogens (tertiary/aromatic N) is 2. The molecule has 0 radical (unpaired) electrons. The number of anilines is 1. The molecule has 0 fully saturated rings. The molecule has 0 spiro atoms. The number of amides is 1. The lowest BCUT2D eigenvalue weighted by molar-refractivity contribution is -0.115. The number of carbonyl (C=O) groups excluding carboxylic acids is 1. The quantitative estimate of drug-likeness (QED) is 0.760. The van der Waals surface area contributed by atoms with E-state index >= 15 is 0 Å². The fourth-order valence-corrected chi connectivity index (χ4v) is 1.58. The van der Waals surface area contributed by atoms with Crippen LogP contribution in [0.4, 0.5) is 5.69 Å². The largest absolute Gasteiger partial charge is 0.385 e. The van der Waals surface area contributed by atoms with Gasteiger partial charge in [0.1, 0.15) is 18.3 Å². The number of aromatic nitrogens is 2. The van der Waals surface area contributed by atoms with E-state index < -0.39 is 6.10 Å². The van der Waals surface area contributed by atoms with E-state index in [1.807, 2.05) is 0 Å². The van der Waals surface area contributed by atoms with Gasteiger partial charge < -0.3 is 15.4 Å². The predicted molar refractivity (Wildman–Crippen MR) is 65.6 cm³/mol. The van der Waals surface area contributed by atoms with Crippen LogP contribution in [0.1, 0.15) is 25.3 Å². The van der Waals surface area contributed by atoms with Crippen LogP contribution in [0.15, 0.2) is 18.2 Å². The highest BCUT2D eigenvalue weighted by atomic mass is 16.3. The molecular formula is C12H12N4O2. The smallest absolute Gasteiger partial charge is 0.238 e. The van der Waals surface area contributed by atoms with Crippen molar-refractivity contribution in [3.63, 3.8) is 0 Å². The molecule has 0 bridgehead atoms. The summed E-state index contributed by atoms with van der Waals surface area (Å²) < 4.78 is 0. The number of benzene rings is 1. The summed E-state index contributed by atoms with van der Waals surface area (Å²) in [6.45, 7) is 1.62. The molecule has 6 heteroatoms. The van der Waals surface area contributed by atoms with Gasteiger partial charge in [-0.15, -0.1) is 0 Å². The van der Waals surface area contributed by atoms with Crippen LogP contribution < -0.4 is 5.32 Å². The fraction of sp³-hybridized carbons (Fsp3) is 0.250. The molecular weight excluding hydrogens is 232 g/mol. The molecule has 0 saturated heterocycles. The van der Waals surface area contributed by atoms with Crippen LogP contribution >= 0.6 is 0 Å². The number of imidazole rings is 1. The van der Waals surface area contributed by atoms with Crippen molar-refractivity contribution in [1.29, 1.82) is 5.26 Å². The maximum atomic E-state index is 11.3. The number of hydrogen-bond donors (Lipinski definition) is 3. The number of aromatic amines is 1. The van der Waals surface area contributed by atoms with Gasteiger partial charge in [-0.1, -0.05) is 0 Å². The first-order chi connectivity index (χ1) is 8.60. The van der Waals surface area contributed by atoms with Gasteiger partial charge in [0.05, 0.1) is 17.1 Å². The van der Waals surface area contributed by atoms with Crippen LogP contribution in [0, 0.1) is 11.3 Å². The van der Waals surface area contributed by atoms with E-state index in [4.69, 9.17) is 5.26 Å². The first kappa shape index (κ1) is 12.1. The van der Waals surface area contributed by atoms with E-state index in [2.05, 4.69) is 15.3 Å². The number of carbonyl (C=O) groups is 1. The van der Waals surface area contributed by atoms with Gasteiger partial charge in [-0.2, -0.15) is 5.26 Å². The number of aliphatic hydroxyl groups excluding tert-OH is 1. The molecule has 92 valence electrons. The molecule has 2 aromatic rings. The van der Waals surface area contributed by atoms with Crippen molar-refractivity contribution in [2.45, 2.75) is 19.4 Å². The molecule has 1 atom stereocenters. The standard InChI is InChI=1S/C12H12N4O2/c1-7(17)12-15-9-3-2-8(6-10(9)16-12)14-11(18)4-5-13/h2-3,6-7,17H,4H2,1H3,(H,14,18)(H,15,16). The maximum Gasteiger partial charge on any atom is 0.238 e. The molecule has 18 heavy (non-hydrogen) atoms. The number of nitrogens with one attached hydrogen (secondary N) is 2. The number of fused-ring (bicyclic) bond motifs is 1. The van der Waals surface area contributed by atoms with Crippen LogP contribution in [0.5, 0.6) is 0 Å². The van der Waals surface area contributed by atoms with Gasteiger partial charge >= 0.3 is 0 Å². The van der Waals surface area contributed by atoms with E-state index in [0.29, 0.717) is 17.0 Å². The van der Waals surface area contributed by atoms with Crippen molar-refractivity contribution in [1.82, 2.24) is 9.97 Å². The zero-order valence-corrected chi connectivity index (χ0v) is 9.77. The van der Waals surface area contributed by atoms with E-state index in [-0.39, 0.29) is 12.3 Å². The van der Waals surface area contributed by atoms with Crippen molar-refractivity contribution >= 4 is 22.6 Å². The van der Waals surface area contributed by atoms with Gasteiger partial charge in [-0.25, -0.2) is 4.98 Å². The van der Waals surface area contributed by atoms with Gasteiger partial charge in [-0.3, -0.25) is 4.79 Å². The SMILES string of the molecule is CC(O)c1nc2ccc(NC(=O)CC#N)cc2[nH]1. The van der Waals surface area contributed by atoms with E-state index in [1.165, 1.54) is 0 Å². The Balaban J connectivity index is 2.27. The summed E-state index contributed by atoms with van der Waals surface area (Å²) in [7, 11) is 0. The lowest BCUT2D eigenvalue weighted by Crippen LogP contribution is -2.09. The lowest BCUT2D eigenvalue weighted by atomic mass is 10.2. The third kappa shape index (κ3) is 2.47. The van der Waals surface area contributed by atoms with E-state index in [9.17, 15) is 9.90 Å². The van der Waals surface area contributed by atoms with Crippen molar-refractivity contribution in [2.24, 2.45) is 0 Å². The minimum Gasteiger partial charge on any atom is -0.385 e. The Morgan fingerprint density at radius 2 is 2.44 bits per heavy atom. The first-order valence-corrected chi connectivity index (χ1v) is 5.44. The number of hydrogen-bond acceptors (Lipinski definition) is 4. The van der Waals surface area contributed by atoms with Gasteiger partial charge in [0.15, 0.2) is 0 Å². The average molecular weight is 244 g/mol. The second-order valence-electron chi connectivity index (χ2n) is 3.91. The summed E-state index contributed by atoms with van der Waals surface area (Å²) >= 11 is 0. The predicted octanol–water partition coefficient (Wildman–Crippen LogP) is 1.47. The Hall–Kier alpha value is -2.39. The number of aliphatic hydroxyl groups is 1. The molecule has 1 heterocycles. The molecule has 1 amide bonds. The monoisotopic (exact) mass is 244 g/mol. The van der Waals surface area contributed by atoms with Crippen LogP contribution in [-0.4, -0.2) is 21.0 Å². The third-order valence-electron chi connectivity index (χ3n) is 2.42. The summed E-state index contributed by atoms with van der Waals surface area (Å²) in [6, 6.07) is 6.92. The minimum absolute atomic E-state index is 0.181. The summed E-state index contributed by atoms with van der Waals surface area (Å²) in [5.74, 6) is 0.123. The molecule has 2 rings (SSSR count). The average Bonchev–Trinajstić information content (AvgIpc) is 2.72. The number of nitriles is 1. The van der Waals surface area contributed by atoms with Crippen LogP contribution in [0.3, 0.4) is 0 Å². The highest BCUT2D eigenvalue weighted by molar-refractivity contribution is 5.94. The zero-order valence-electron chi connectivity index (χ0n) is 9.77. The van der Waals surface area contributed by atoms with Gasteiger partial charge in [0.25, 0.3) is 0 Å². The topological polar surface area (TPSA) is 102 Å². The molecule has 0 aliphatic carbocycles. The second kappa shape index (κ2) is 4.85. The summed E-state index contributed by atoms with van der Waals surface area (Å²) in [4.78, 5) is 18.4. The van der Waals surface area contributed by atoms with E-state index in [0.717, 1.165) is 5.52 Å². The maximum absolute atomic E-state index is 11.3. The van der Waals surface area contributed by atoms with Crippen LogP contribution in [0.2, 0.25) is 0 Å². The molecule has 1 aromatic heterocycles. The lowest BCUT2D eigenvalue weighted by Gasteiger charge is -2.01. The van der Waals surface area contributed by atoms with Crippen molar-refractivity contribution < 1.29 is 9.90 Å². The van der Waals surface area contributed by atoms with Crippen molar-refractivity contribution in [3.8, 4) is 6.07 Å². The zero-order chi connectivity index (χ0) is 13.1. The van der Waals surface area contributed by atoms with E-state index in [1.54, 1.807) is 31.2 Å². The van der Waals surface area contributed by atoms with Crippen LogP contribution in [-0.2, 0) is 4.79 Å². The third-order valence-corrected chi connectivity index (χ3v) is 2.42. The van der Waals surface area contributed by atoms with Crippen molar-refractivity contribution in [3.05, 3.63) is 24.0 Å². The summed E-state index contributed by atoms with van der Waals surface area (Å²) in [6.07, 6.45) is -0.853. The Bertz CT molecular complexity index is 625. The Labute approximate surface area is 103 Å². The molecule has 0 saturated carbocycles. The molecule has 3 N–H and O–H groups in total. The Morgan fingerprint density at radius 3 is 3.11 bits per heavy atom. The van der Waals surface area contributed by atoms with Gasteiger partial charge in [-0.05, 0) is 25.1 Å². The van der Waals surface area contributed by atoms with Gasteiger partial charge in [0.2, 0.25) is 5.91 Å². The minimum atomic E-state index is -0.672. The normalized spacial score (nSPS) is 12.1. The van der Waals surface area contributed by atoms with Gasteiger partial charge in [0, 0.05) is 5.69 Å². The summed E-state index contributed by atoms with van der Waals surface area (Å²) in [5.41, 5.74) is 2.02.